The molecular formula is C13H18N2OS. The first kappa shape index (κ1) is 12.3. The molecule has 1 heterocycles. The maximum Gasteiger partial charge on any atom is 0.254 e. The van der Waals surface area contributed by atoms with Crippen molar-refractivity contribution in [3.05, 3.63) is 29.3 Å². The van der Waals surface area contributed by atoms with Crippen LogP contribution in [0, 0.1) is 6.92 Å². The third-order valence-corrected chi connectivity index (χ3v) is 4.41. The Morgan fingerprint density at radius 1 is 1.53 bits per heavy atom. The first-order valence-corrected chi connectivity index (χ1v) is 6.96. The van der Waals surface area contributed by atoms with Gasteiger partial charge in [-0.15, -0.1) is 0 Å². The van der Waals surface area contributed by atoms with Crippen LogP contribution in [0.3, 0.4) is 0 Å². The Labute approximate surface area is 106 Å². The van der Waals surface area contributed by atoms with Gasteiger partial charge in [-0.25, -0.2) is 0 Å². The number of amides is 1. The Bertz CT molecular complexity index is 427. The first-order valence-electron chi connectivity index (χ1n) is 5.80. The minimum Gasteiger partial charge on any atom is -0.399 e. The fourth-order valence-electron chi connectivity index (χ4n) is 2.05. The molecule has 0 spiro atoms. The number of nitrogens with two attached hydrogens (primary N) is 1. The van der Waals surface area contributed by atoms with Crippen LogP contribution < -0.4 is 5.73 Å². The van der Waals surface area contributed by atoms with Crippen LogP contribution >= 0.6 is 11.8 Å². The van der Waals surface area contributed by atoms with E-state index in [1.54, 1.807) is 6.07 Å². The highest BCUT2D eigenvalue weighted by Crippen LogP contribution is 2.23. The number of anilines is 1. The van der Waals surface area contributed by atoms with Gasteiger partial charge < -0.3 is 10.6 Å². The molecule has 2 N–H and O–H groups in total. The van der Waals surface area contributed by atoms with E-state index in [2.05, 4.69) is 0 Å². The van der Waals surface area contributed by atoms with Crippen LogP contribution in [0.5, 0.6) is 0 Å². The van der Waals surface area contributed by atoms with Crippen molar-refractivity contribution in [2.45, 2.75) is 19.4 Å². The summed E-state index contributed by atoms with van der Waals surface area (Å²) in [6, 6.07) is 5.88. The van der Waals surface area contributed by atoms with Crippen LogP contribution in [0.4, 0.5) is 5.69 Å². The van der Waals surface area contributed by atoms with Gasteiger partial charge in [-0.05, 0) is 36.8 Å². The lowest BCUT2D eigenvalue weighted by Gasteiger charge is -2.24. The van der Waals surface area contributed by atoms with Crippen molar-refractivity contribution in [1.29, 1.82) is 0 Å². The zero-order valence-corrected chi connectivity index (χ0v) is 11.1. The summed E-state index contributed by atoms with van der Waals surface area (Å²) in [5.74, 6) is 2.28. The smallest absolute Gasteiger partial charge is 0.254 e. The molecule has 92 valence electrons. The fraction of sp³-hybridized carbons (Fsp3) is 0.462. The van der Waals surface area contributed by atoms with Gasteiger partial charge in [-0.2, -0.15) is 11.8 Å². The summed E-state index contributed by atoms with van der Waals surface area (Å²) in [7, 11) is 1.89. The van der Waals surface area contributed by atoms with E-state index in [1.165, 1.54) is 0 Å². The molecule has 1 fully saturated rings. The molecule has 17 heavy (non-hydrogen) atoms. The van der Waals surface area contributed by atoms with Gasteiger partial charge in [-0.1, -0.05) is 6.07 Å². The molecule has 1 aromatic carbocycles. The van der Waals surface area contributed by atoms with Crippen LogP contribution in [0.15, 0.2) is 18.2 Å². The molecule has 0 radical (unpaired) electrons. The Hall–Kier alpha value is -1.16. The number of nitrogen functional groups attached to an aromatic ring is 1. The molecule has 3 nitrogen and oxygen atoms in total. The van der Waals surface area contributed by atoms with Gasteiger partial charge in [0.25, 0.3) is 5.91 Å². The second-order valence-corrected chi connectivity index (χ2v) is 5.66. The highest BCUT2D eigenvalue weighted by Gasteiger charge is 2.25. The molecule has 1 aliphatic rings. The van der Waals surface area contributed by atoms with Gasteiger partial charge >= 0.3 is 0 Å². The van der Waals surface area contributed by atoms with Crippen molar-refractivity contribution in [3.8, 4) is 0 Å². The second kappa shape index (κ2) is 5.00. The normalized spacial score (nSPS) is 19.3. The van der Waals surface area contributed by atoms with Crippen LogP contribution in [0.2, 0.25) is 0 Å². The average Bonchev–Trinajstić information content (AvgIpc) is 2.84. The van der Waals surface area contributed by atoms with Gasteiger partial charge in [0.05, 0.1) is 0 Å². The van der Waals surface area contributed by atoms with Gasteiger partial charge in [-0.3, -0.25) is 4.79 Å². The van der Waals surface area contributed by atoms with Crippen molar-refractivity contribution >= 4 is 23.4 Å². The van der Waals surface area contributed by atoms with Gasteiger partial charge in [0, 0.05) is 30.1 Å². The molecule has 1 atom stereocenters. The molecule has 1 amide bonds. The molecule has 0 aliphatic carbocycles. The average molecular weight is 250 g/mol. The summed E-state index contributed by atoms with van der Waals surface area (Å²) in [5.41, 5.74) is 8.10. The van der Waals surface area contributed by atoms with Crippen LogP contribution in [0.1, 0.15) is 22.3 Å². The predicted octanol–water partition coefficient (Wildman–Crippen LogP) is 2.15. The number of rotatable bonds is 2. The number of carbonyl (C=O) groups is 1. The summed E-state index contributed by atoms with van der Waals surface area (Å²) in [6.45, 7) is 1.95. The maximum absolute atomic E-state index is 12.4. The summed E-state index contributed by atoms with van der Waals surface area (Å²) in [5, 5.41) is 0. The Morgan fingerprint density at radius 2 is 2.29 bits per heavy atom. The van der Waals surface area contributed by atoms with Gasteiger partial charge in [0.2, 0.25) is 0 Å². The molecule has 0 bridgehead atoms. The van der Waals surface area contributed by atoms with Crippen molar-refractivity contribution < 1.29 is 4.79 Å². The summed E-state index contributed by atoms with van der Waals surface area (Å²) >= 11 is 1.91. The second-order valence-electron chi connectivity index (χ2n) is 4.51. The molecule has 0 saturated carbocycles. The largest absolute Gasteiger partial charge is 0.399 e. The monoisotopic (exact) mass is 250 g/mol. The van der Waals surface area contributed by atoms with Crippen LogP contribution in [-0.4, -0.2) is 35.4 Å². The minimum absolute atomic E-state index is 0.0855. The SMILES string of the molecule is Cc1ccc(N)cc1C(=O)N(C)C1CCSC1. The van der Waals surface area contributed by atoms with Crippen LogP contribution in [-0.2, 0) is 0 Å². The number of nitrogens with zero attached hydrogens (tertiary/aromatic N) is 1. The Balaban J connectivity index is 2.20. The van der Waals surface area contributed by atoms with E-state index >= 15 is 0 Å². The molecule has 1 unspecified atom stereocenters. The number of hydrogen-bond acceptors (Lipinski definition) is 3. The van der Waals surface area contributed by atoms with E-state index in [9.17, 15) is 4.79 Å². The number of hydrogen-bond donors (Lipinski definition) is 1. The number of carbonyl (C=O) groups excluding carboxylic acids is 1. The van der Waals surface area contributed by atoms with Crippen molar-refractivity contribution in [2.24, 2.45) is 0 Å². The quantitative estimate of drug-likeness (QED) is 0.818. The van der Waals surface area contributed by atoms with E-state index in [-0.39, 0.29) is 5.91 Å². The lowest BCUT2D eigenvalue weighted by molar-refractivity contribution is 0.0747. The Kier molecular flexibility index (Phi) is 3.62. The molecule has 0 aromatic heterocycles. The van der Waals surface area contributed by atoms with E-state index in [4.69, 9.17) is 5.73 Å². The standard InChI is InChI=1S/C13H18N2OS/c1-9-3-4-10(14)7-12(9)13(16)15(2)11-5-6-17-8-11/h3-4,7,11H,5-6,8,14H2,1-2H3. The van der Waals surface area contributed by atoms with E-state index in [0.29, 0.717) is 11.7 Å². The first-order chi connectivity index (χ1) is 8.09. The zero-order valence-electron chi connectivity index (χ0n) is 10.3. The number of thioether (sulfide) groups is 1. The van der Waals surface area contributed by atoms with Crippen molar-refractivity contribution in [2.75, 3.05) is 24.3 Å². The van der Waals surface area contributed by atoms with E-state index in [0.717, 1.165) is 29.1 Å². The predicted molar refractivity (Wildman–Crippen MR) is 73.4 cm³/mol. The van der Waals surface area contributed by atoms with Crippen molar-refractivity contribution in [1.82, 2.24) is 4.90 Å². The van der Waals surface area contributed by atoms with Crippen molar-refractivity contribution in [3.63, 3.8) is 0 Å². The third-order valence-electron chi connectivity index (χ3n) is 3.27. The molecule has 1 aromatic rings. The molecule has 1 saturated heterocycles. The molecule has 2 rings (SSSR count). The molecule has 4 heteroatoms. The van der Waals surface area contributed by atoms with Gasteiger partial charge in [0.1, 0.15) is 0 Å². The molecule has 1 aliphatic heterocycles. The zero-order chi connectivity index (χ0) is 12.4. The fourth-order valence-corrected chi connectivity index (χ4v) is 3.32. The Morgan fingerprint density at radius 3 is 2.94 bits per heavy atom. The number of aryl methyl sites for hydroxylation is 1. The lowest BCUT2D eigenvalue weighted by Crippen LogP contribution is -2.37. The maximum atomic E-state index is 12.4. The number of benzene rings is 1. The van der Waals surface area contributed by atoms with E-state index < -0.39 is 0 Å². The van der Waals surface area contributed by atoms with Crippen LogP contribution in [0.25, 0.3) is 0 Å². The minimum atomic E-state index is 0.0855. The third kappa shape index (κ3) is 2.57. The van der Waals surface area contributed by atoms with Gasteiger partial charge in [0.15, 0.2) is 0 Å². The topological polar surface area (TPSA) is 46.3 Å². The summed E-state index contributed by atoms with van der Waals surface area (Å²) in [4.78, 5) is 14.2. The highest BCUT2D eigenvalue weighted by molar-refractivity contribution is 7.99. The lowest BCUT2D eigenvalue weighted by atomic mass is 10.1. The summed E-state index contributed by atoms with van der Waals surface area (Å²) in [6.07, 6.45) is 1.09. The van der Waals surface area contributed by atoms with E-state index in [1.807, 2.05) is 42.8 Å². The molecular weight excluding hydrogens is 232 g/mol. The highest BCUT2D eigenvalue weighted by atomic mass is 32.2. The summed E-state index contributed by atoms with van der Waals surface area (Å²) < 4.78 is 0.